The molecule has 0 unspecified atom stereocenters. The summed E-state index contributed by atoms with van der Waals surface area (Å²) in [6, 6.07) is 11.1. The standard InChI is InChI=1S/C16H13BrFNO3/c1-10-3-2-4-12(7-10)19-15(20)9-22-16(21)13-8-11(17)5-6-14(13)18/h2-8H,9H2,1H3,(H,19,20). The first-order valence-electron chi connectivity index (χ1n) is 6.44. The fraction of sp³-hybridized carbons (Fsp3) is 0.125. The first-order valence-corrected chi connectivity index (χ1v) is 7.23. The molecule has 2 rings (SSSR count). The van der Waals surface area contributed by atoms with Crippen molar-refractivity contribution in [1.29, 1.82) is 0 Å². The molecule has 0 aromatic heterocycles. The van der Waals surface area contributed by atoms with E-state index in [4.69, 9.17) is 4.74 Å². The van der Waals surface area contributed by atoms with Gasteiger partial charge in [0.05, 0.1) is 5.56 Å². The zero-order chi connectivity index (χ0) is 16.1. The second-order valence-electron chi connectivity index (χ2n) is 4.62. The maximum absolute atomic E-state index is 13.5. The maximum Gasteiger partial charge on any atom is 0.341 e. The summed E-state index contributed by atoms with van der Waals surface area (Å²) in [5.74, 6) is -2.08. The van der Waals surface area contributed by atoms with E-state index >= 15 is 0 Å². The highest BCUT2D eigenvalue weighted by Crippen LogP contribution is 2.16. The summed E-state index contributed by atoms with van der Waals surface area (Å²) >= 11 is 3.14. The topological polar surface area (TPSA) is 55.4 Å². The Kier molecular flexibility index (Phi) is 5.27. The molecule has 0 bridgehead atoms. The number of aryl methyl sites for hydroxylation is 1. The van der Waals surface area contributed by atoms with E-state index in [1.165, 1.54) is 12.1 Å². The van der Waals surface area contributed by atoms with Gasteiger partial charge in [-0.05, 0) is 42.8 Å². The third-order valence-corrected chi connectivity index (χ3v) is 3.28. The third-order valence-electron chi connectivity index (χ3n) is 2.78. The highest BCUT2D eigenvalue weighted by atomic mass is 79.9. The van der Waals surface area contributed by atoms with Crippen LogP contribution in [0.5, 0.6) is 0 Å². The number of rotatable bonds is 4. The van der Waals surface area contributed by atoms with Gasteiger partial charge in [0.15, 0.2) is 6.61 Å². The number of esters is 1. The van der Waals surface area contributed by atoms with E-state index in [9.17, 15) is 14.0 Å². The molecule has 1 N–H and O–H groups in total. The van der Waals surface area contributed by atoms with Crippen LogP contribution in [-0.4, -0.2) is 18.5 Å². The molecular formula is C16H13BrFNO3. The second-order valence-corrected chi connectivity index (χ2v) is 5.53. The monoisotopic (exact) mass is 365 g/mol. The van der Waals surface area contributed by atoms with Crippen LogP contribution in [0.25, 0.3) is 0 Å². The molecule has 114 valence electrons. The first-order chi connectivity index (χ1) is 10.5. The van der Waals surface area contributed by atoms with Gasteiger partial charge in [0.1, 0.15) is 5.82 Å². The highest BCUT2D eigenvalue weighted by molar-refractivity contribution is 9.10. The van der Waals surface area contributed by atoms with Crippen molar-refractivity contribution in [2.24, 2.45) is 0 Å². The predicted molar refractivity (Wildman–Crippen MR) is 84.2 cm³/mol. The average molecular weight is 366 g/mol. The lowest BCUT2D eigenvalue weighted by Crippen LogP contribution is -2.21. The van der Waals surface area contributed by atoms with Crippen LogP contribution >= 0.6 is 15.9 Å². The molecule has 0 radical (unpaired) electrons. The maximum atomic E-state index is 13.5. The minimum Gasteiger partial charge on any atom is -0.452 e. The fourth-order valence-electron chi connectivity index (χ4n) is 1.78. The van der Waals surface area contributed by atoms with E-state index in [2.05, 4.69) is 21.2 Å². The number of anilines is 1. The Morgan fingerprint density at radius 3 is 2.73 bits per heavy atom. The Morgan fingerprint density at radius 1 is 1.23 bits per heavy atom. The zero-order valence-corrected chi connectivity index (χ0v) is 13.3. The molecule has 2 aromatic rings. The lowest BCUT2D eigenvalue weighted by molar-refractivity contribution is -0.119. The molecular weight excluding hydrogens is 353 g/mol. The van der Waals surface area contributed by atoms with Gasteiger partial charge in [0.25, 0.3) is 5.91 Å². The van der Waals surface area contributed by atoms with Crippen LogP contribution in [0.15, 0.2) is 46.9 Å². The van der Waals surface area contributed by atoms with Crippen molar-refractivity contribution in [2.75, 3.05) is 11.9 Å². The summed E-state index contributed by atoms with van der Waals surface area (Å²) in [6.45, 7) is 1.41. The van der Waals surface area contributed by atoms with Gasteiger partial charge >= 0.3 is 5.97 Å². The lowest BCUT2D eigenvalue weighted by Gasteiger charge is -2.08. The molecule has 0 aliphatic carbocycles. The molecule has 1 amide bonds. The van der Waals surface area contributed by atoms with Gasteiger partial charge in [0.2, 0.25) is 0 Å². The summed E-state index contributed by atoms with van der Waals surface area (Å²) < 4.78 is 18.9. The first kappa shape index (κ1) is 16.2. The number of ether oxygens (including phenoxy) is 1. The minimum atomic E-state index is -0.891. The molecule has 22 heavy (non-hydrogen) atoms. The second kappa shape index (κ2) is 7.17. The quantitative estimate of drug-likeness (QED) is 0.840. The van der Waals surface area contributed by atoms with Crippen molar-refractivity contribution >= 4 is 33.5 Å². The number of hydrogen-bond acceptors (Lipinski definition) is 3. The zero-order valence-electron chi connectivity index (χ0n) is 11.7. The van der Waals surface area contributed by atoms with Crippen LogP contribution in [0.3, 0.4) is 0 Å². The van der Waals surface area contributed by atoms with Crippen molar-refractivity contribution in [1.82, 2.24) is 0 Å². The van der Waals surface area contributed by atoms with Crippen molar-refractivity contribution in [2.45, 2.75) is 6.92 Å². The highest BCUT2D eigenvalue weighted by Gasteiger charge is 2.15. The van der Waals surface area contributed by atoms with Crippen LogP contribution in [0, 0.1) is 12.7 Å². The van der Waals surface area contributed by atoms with E-state index in [0.717, 1.165) is 11.6 Å². The predicted octanol–water partition coefficient (Wildman–Crippen LogP) is 3.69. The van der Waals surface area contributed by atoms with Gasteiger partial charge in [-0.15, -0.1) is 0 Å². The Labute approximate surface area is 135 Å². The molecule has 0 spiro atoms. The van der Waals surface area contributed by atoms with Crippen LogP contribution < -0.4 is 5.32 Å². The number of benzene rings is 2. The summed E-state index contributed by atoms with van der Waals surface area (Å²) in [4.78, 5) is 23.5. The fourth-order valence-corrected chi connectivity index (χ4v) is 2.14. The van der Waals surface area contributed by atoms with Gasteiger partial charge in [0, 0.05) is 10.2 Å². The number of hydrogen-bond donors (Lipinski definition) is 1. The molecule has 0 heterocycles. The number of halogens is 2. The molecule has 0 fully saturated rings. The van der Waals surface area contributed by atoms with E-state index in [1.807, 2.05) is 13.0 Å². The Morgan fingerprint density at radius 2 is 2.00 bits per heavy atom. The number of amides is 1. The molecule has 0 atom stereocenters. The largest absolute Gasteiger partial charge is 0.452 e. The van der Waals surface area contributed by atoms with Crippen molar-refractivity contribution in [3.63, 3.8) is 0 Å². The number of carbonyl (C=O) groups excluding carboxylic acids is 2. The summed E-state index contributed by atoms with van der Waals surface area (Å²) in [6.07, 6.45) is 0. The smallest absolute Gasteiger partial charge is 0.341 e. The number of carbonyl (C=O) groups is 2. The van der Waals surface area contributed by atoms with Gasteiger partial charge in [-0.1, -0.05) is 28.1 Å². The lowest BCUT2D eigenvalue weighted by atomic mass is 10.2. The van der Waals surface area contributed by atoms with Crippen LogP contribution in [0.4, 0.5) is 10.1 Å². The minimum absolute atomic E-state index is 0.224. The van der Waals surface area contributed by atoms with Gasteiger partial charge < -0.3 is 10.1 Å². The Bertz CT molecular complexity index is 718. The molecule has 0 saturated carbocycles. The molecule has 4 nitrogen and oxygen atoms in total. The SMILES string of the molecule is Cc1cccc(NC(=O)COC(=O)c2cc(Br)ccc2F)c1. The summed E-state index contributed by atoms with van der Waals surface area (Å²) in [5.41, 5.74) is 1.37. The number of nitrogens with one attached hydrogen (secondary N) is 1. The van der Waals surface area contributed by atoms with Crippen LogP contribution in [0.2, 0.25) is 0 Å². The molecule has 2 aromatic carbocycles. The van der Waals surface area contributed by atoms with E-state index < -0.39 is 24.3 Å². The van der Waals surface area contributed by atoms with Crippen molar-refractivity contribution in [3.05, 3.63) is 63.9 Å². The van der Waals surface area contributed by atoms with Crippen LogP contribution in [0.1, 0.15) is 15.9 Å². The normalized spacial score (nSPS) is 10.1. The Balaban J connectivity index is 1.93. The van der Waals surface area contributed by atoms with E-state index in [1.54, 1.807) is 18.2 Å². The van der Waals surface area contributed by atoms with E-state index in [0.29, 0.717) is 10.2 Å². The Hall–Kier alpha value is -2.21. The molecule has 0 saturated heterocycles. The van der Waals surface area contributed by atoms with Crippen molar-refractivity contribution in [3.8, 4) is 0 Å². The van der Waals surface area contributed by atoms with Gasteiger partial charge in [-0.3, -0.25) is 4.79 Å². The van der Waals surface area contributed by atoms with Crippen LogP contribution in [-0.2, 0) is 9.53 Å². The molecule has 6 heteroatoms. The average Bonchev–Trinajstić information content (AvgIpc) is 2.47. The third kappa shape index (κ3) is 4.39. The molecule has 0 aliphatic heterocycles. The van der Waals surface area contributed by atoms with E-state index in [-0.39, 0.29) is 5.56 Å². The summed E-state index contributed by atoms with van der Waals surface area (Å²) in [5, 5.41) is 2.60. The summed E-state index contributed by atoms with van der Waals surface area (Å²) in [7, 11) is 0. The molecule has 0 aliphatic rings. The van der Waals surface area contributed by atoms with Crippen molar-refractivity contribution < 1.29 is 18.7 Å². The van der Waals surface area contributed by atoms with Gasteiger partial charge in [-0.25, -0.2) is 9.18 Å². The van der Waals surface area contributed by atoms with Gasteiger partial charge in [-0.2, -0.15) is 0 Å².